The zero-order valence-electron chi connectivity index (χ0n) is 12.6. The molecule has 2 fully saturated rings. The van der Waals surface area contributed by atoms with E-state index >= 15 is 0 Å². The Bertz CT molecular complexity index is 569. The van der Waals surface area contributed by atoms with Gasteiger partial charge in [0, 0.05) is 18.5 Å². The molecular weight excluding hydrogens is 273 g/mol. The van der Waals surface area contributed by atoms with Crippen molar-refractivity contribution >= 4 is 6.09 Å². The predicted octanol–water partition coefficient (Wildman–Crippen LogP) is 3.06. The van der Waals surface area contributed by atoms with Gasteiger partial charge in [0.1, 0.15) is 23.1 Å². The van der Waals surface area contributed by atoms with Crippen LogP contribution >= 0.6 is 0 Å². The summed E-state index contributed by atoms with van der Waals surface area (Å²) >= 11 is 0. The first-order valence-electron chi connectivity index (χ1n) is 7.23. The molecule has 1 amide bonds. The van der Waals surface area contributed by atoms with Gasteiger partial charge in [-0.2, -0.15) is 0 Å². The highest BCUT2D eigenvalue weighted by molar-refractivity contribution is 5.68. The minimum atomic E-state index is -0.552. The molecule has 0 bridgehead atoms. The normalized spacial score (nSPS) is 28.0. The molecule has 2 aliphatic rings. The summed E-state index contributed by atoms with van der Waals surface area (Å²) in [5.41, 5.74) is -0.468. The molecule has 0 unspecified atom stereocenters. The molecule has 2 atom stereocenters. The number of piperidine rings is 1. The number of halogens is 1. The minimum absolute atomic E-state index is 0.143. The molecule has 2 heterocycles. The summed E-state index contributed by atoms with van der Waals surface area (Å²) in [4.78, 5) is 13.7. The number of ether oxygens (including phenoxy) is 2. The maximum absolute atomic E-state index is 13.9. The van der Waals surface area contributed by atoms with Crippen LogP contribution in [0.3, 0.4) is 0 Å². The minimum Gasteiger partial charge on any atom is -0.444 e. The van der Waals surface area contributed by atoms with Gasteiger partial charge in [-0.05, 0) is 26.8 Å². The zero-order chi connectivity index (χ0) is 15.3. The van der Waals surface area contributed by atoms with E-state index in [1.54, 1.807) is 17.0 Å². The van der Waals surface area contributed by atoms with Crippen molar-refractivity contribution in [3.8, 4) is 0 Å². The monoisotopic (exact) mass is 293 g/mol. The quantitative estimate of drug-likeness (QED) is 0.747. The van der Waals surface area contributed by atoms with Gasteiger partial charge >= 0.3 is 6.09 Å². The van der Waals surface area contributed by atoms with Crippen LogP contribution in [0, 0.1) is 5.82 Å². The molecule has 1 aromatic carbocycles. The Labute approximate surface area is 123 Å². The van der Waals surface area contributed by atoms with Crippen molar-refractivity contribution in [2.75, 3.05) is 13.1 Å². The van der Waals surface area contributed by atoms with Crippen molar-refractivity contribution in [2.45, 2.75) is 44.5 Å². The van der Waals surface area contributed by atoms with Crippen molar-refractivity contribution < 1.29 is 18.7 Å². The van der Waals surface area contributed by atoms with Crippen LogP contribution in [0.2, 0.25) is 0 Å². The van der Waals surface area contributed by atoms with Gasteiger partial charge in [-0.25, -0.2) is 9.18 Å². The van der Waals surface area contributed by atoms with Crippen molar-refractivity contribution in [1.29, 1.82) is 0 Å². The van der Waals surface area contributed by atoms with Crippen LogP contribution in [-0.2, 0) is 15.1 Å². The lowest BCUT2D eigenvalue weighted by atomic mass is 9.89. The van der Waals surface area contributed by atoms with Gasteiger partial charge in [-0.15, -0.1) is 0 Å². The molecular formula is C16H20FNO3. The van der Waals surface area contributed by atoms with Crippen molar-refractivity contribution in [2.24, 2.45) is 0 Å². The summed E-state index contributed by atoms with van der Waals surface area (Å²) in [5, 5.41) is 0. The molecule has 1 aromatic rings. The summed E-state index contributed by atoms with van der Waals surface area (Å²) in [6, 6.07) is 6.69. The van der Waals surface area contributed by atoms with Crippen LogP contribution in [-0.4, -0.2) is 35.8 Å². The number of likely N-dealkylation sites (tertiary alicyclic amines) is 1. The zero-order valence-corrected chi connectivity index (χ0v) is 12.6. The van der Waals surface area contributed by atoms with E-state index in [1.165, 1.54) is 6.07 Å². The van der Waals surface area contributed by atoms with Crippen LogP contribution < -0.4 is 0 Å². The summed E-state index contributed by atoms with van der Waals surface area (Å²) in [6.45, 7) is 6.48. The second-order valence-electron chi connectivity index (χ2n) is 6.65. The third-order valence-corrected chi connectivity index (χ3v) is 3.94. The van der Waals surface area contributed by atoms with E-state index in [4.69, 9.17) is 9.47 Å². The second-order valence-corrected chi connectivity index (χ2v) is 6.65. The van der Waals surface area contributed by atoms with Gasteiger partial charge in [0.25, 0.3) is 0 Å². The fourth-order valence-corrected chi connectivity index (χ4v) is 2.89. The highest BCUT2D eigenvalue weighted by Gasteiger charge is 2.61. The number of hydrogen-bond acceptors (Lipinski definition) is 3. The number of nitrogens with zero attached hydrogens (tertiary/aromatic N) is 1. The van der Waals surface area contributed by atoms with Crippen LogP contribution in [0.1, 0.15) is 32.8 Å². The standard InChI is InChI=1S/C16H20FNO3/c1-15(2,3)21-14(19)18-9-8-16(13(10-18)20-16)11-6-4-5-7-12(11)17/h4-7,13H,8-10H2,1-3H3/t13-,16+/m1/s1. The topological polar surface area (TPSA) is 42.1 Å². The van der Waals surface area contributed by atoms with Gasteiger partial charge in [0.15, 0.2) is 0 Å². The Balaban J connectivity index is 1.69. The van der Waals surface area contributed by atoms with E-state index in [0.717, 1.165) is 0 Å². The van der Waals surface area contributed by atoms with Crippen LogP contribution in [0.15, 0.2) is 24.3 Å². The number of amides is 1. The lowest BCUT2D eigenvalue weighted by molar-refractivity contribution is 0.0217. The Morgan fingerprint density at radius 1 is 1.43 bits per heavy atom. The van der Waals surface area contributed by atoms with E-state index < -0.39 is 11.2 Å². The molecule has 2 saturated heterocycles. The van der Waals surface area contributed by atoms with Crippen molar-refractivity contribution in [3.63, 3.8) is 0 Å². The van der Waals surface area contributed by atoms with E-state index in [0.29, 0.717) is 25.1 Å². The van der Waals surface area contributed by atoms with Gasteiger partial charge in [0.2, 0.25) is 0 Å². The van der Waals surface area contributed by atoms with Crippen LogP contribution in [0.5, 0.6) is 0 Å². The van der Waals surface area contributed by atoms with Gasteiger partial charge in [-0.1, -0.05) is 18.2 Å². The summed E-state index contributed by atoms with van der Waals surface area (Å²) < 4.78 is 25.1. The lowest BCUT2D eigenvalue weighted by Gasteiger charge is -2.31. The lowest BCUT2D eigenvalue weighted by Crippen LogP contribution is -2.44. The molecule has 0 aromatic heterocycles. The molecule has 0 spiro atoms. The Morgan fingerprint density at radius 3 is 2.76 bits per heavy atom. The Kier molecular flexibility index (Phi) is 3.20. The molecule has 5 heteroatoms. The summed E-state index contributed by atoms with van der Waals surface area (Å²) in [5.74, 6) is -0.245. The van der Waals surface area contributed by atoms with Crippen molar-refractivity contribution in [3.05, 3.63) is 35.6 Å². The van der Waals surface area contributed by atoms with E-state index in [-0.39, 0.29) is 18.0 Å². The average molecular weight is 293 g/mol. The van der Waals surface area contributed by atoms with E-state index in [1.807, 2.05) is 26.8 Å². The third kappa shape index (κ3) is 2.62. The first kappa shape index (κ1) is 14.3. The number of epoxide rings is 1. The number of carbonyl (C=O) groups is 1. The Hall–Kier alpha value is -1.62. The molecule has 0 radical (unpaired) electrons. The van der Waals surface area contributed by atoms with E-state index in [9.17, 15) is 9.18 Å². The highest BCUT2D eigenvalue weighted by atomic mass is 19.1. The molecule has 21 heavy (non-hydrogen) atoms. The molecule has 114 valence electrons. The average Bonchev–Trinajstić information content (AvgIpc) is 3.11. The number of rotatable bonds is 1. The molecule has 0 saturated carbocycles. The third-order valence-electron chi connectivity index (χ3n) is 3.94. The molecule has 4 nitrogen and oxygen atoms in total. The van der Waals surface area contributed by atoms with Crippen LogP contribution in [0.25, 0.3) is 0 Å². The van der Waals surface area contributed by atoms with Gasteiger partial charge in [0.05, 0.1) is 6.54 Å². The summed E-state index contributed by atoms with van der Waals surface area (Å²) in [6.07, 6.45) is 0.119. The first-order valence-corrected chi connectivity index (χ1v) is 7.23. The van der Waals surface area contributed by atoms with Crippen LogP contribution in [0.4, 0.5) is 9.18 Å². The Morgan fingerprint density at radius 2 is 2.14 bits per heavy atom. The first-order chi connectivity index (χ1) is 9.82. The van der Waals surface area contributed by atoms with Crippen molar-refractivity contribution in [1.82, 2.24) is 4.90 Å². The number of fused-ring (bicyclic) bond motifs is 1. The maximum Gasteiger partial charge on any atom is 0.410 e. The largest absolute Gasteiger partial charge is 0.444 e. The molecule has 3 rings (SSSR count). The number of hydrogen-bond donors (Lipinski definition) is 0. The molecule has 0 N–H and O–H groups in total. The molecule has 0 aliphatic carbocycles. The fraction of sp³-hybridized carbons (Fsp3) is 0.562. The number of benzene rings is 1. The van der Waals surface area contributed by atoms with Gasteiger partial charge < -0.3 is 14.4 Å². The summed E-state index contributed by atoms with van der Waals surface area (Å²) in [7, 11) is 0. The number of carbonyl (C=O) groups excluding carboxylic acids is 1. The highest BCUT2D eigenvalue weighted by Crippen LogP contribution is 2.52. The molecule has 2 aliphatic heterocycles. The smallest absolute Gasteiger partial charge is 0.410 e. The van der Waals surface area contributed by atoms with E-state index in [2.05, 4.69) is 0 Å². The maximum atomic E-state index is 13.9. The van der Waals surface area contributed by atoms with Gasteiger partial charge in [-0.3, -0.25) is 0 Å². The fourth-order valence-electron chi connectivity index (χ4n) is 2.89. The SMILES string of the molecule is CC(C)(C)OC(=O)N1CC[C@@]2(c3ccccc3F)O[C@@H]2C1. The predicted molar refractivity (Wildman–Crippen MR) is 75.4 cm³/mol. The second kappa shape index (κ2) is 4.70.